The number of hydrogen-bond donors (Lipinski definition) is 1. The minimum atomic E-state index is 0.625. The molecule has 0 aliphatic carbocycles. The molecule has 2 heterocycles. The molecule has 0 saturated carbocycles. The van der Waals surface area contributed by atoms with Gasteiger partial charge in [0.15, 0.2) is 17.0 Å². The summed E-state index contributed by atoms with van der Waals surface area (Å²) in [4.78, 5) is 12.2. The van der Waals surface area contributed by atoms with E-state index in [1.54, 1.807) is 0 Å². The molecule has 0 radical (unpaired) electrons. The molecule has 0 unspecified atom stereocenters. The van der Waals surface area contributed by atoms with Crippen LogP contribution < -0.4 is 5.32 Å². The SMILES string of the molecule is CCCNc1ncnc2c1ncn2Cl. The number of rotatable bonds is 3. The van der Waals surface area contributed by atoms with Gasteiger partial charge in [0.2, 0.25) is 0 Å². The monoisotopic (exact) mass is 211 g/mol. The molecule has 0 saturated heterocycles. The Hall–Kier alpha value is -1.36. The van der Waals surface area contributed by atoms with E-state index in [2.05, 4.69) is 27.2 Å². The largest absolute Gasteiger partial charge is 0.368 e. The number of nitrogens with zero attached hydrogens (tertiary/aromatic N) is 4. The first-order chi connectivity index (χ1) is 6.83. The lowest BCUT2D eigenvalue weighted by Crippen LogP contribution is -2.03. The zero-order valence-electron chi connectivity index (χ0n) is 7.74. The lowest BCUT2D eigenvalue weighted by molar-refractivity contribution is 0.968. The summed E-state index contributed by atoms with van der Waals surface area (Å²) in [5.41, 5.74) is 1.33. The second kappa shape index (κ2) is 3.79. The average Bonchev–Trinajstić information content (AvgIpc) is 2.58. The smallest absolute Gasteiger partial charge is 0.180 e. The van der Waals surface area contributed by atoms with Crippen molar-refractivity contribution in [3.05, 3.63) is 12.7 Å². The number of anilines is 1. The van der Waals surface area contributed by atoms with Crippen LogP contribution in [0.1, 0.15) is 13.3 Å². The van der Waals surface area contributed by atoms with Crippen molar-refractivity contribution >= 4 is 28.8 Å². The summed E-state index contributed by atoms with van der Waals surface area (Å²) >= 11 is 5.81. The van der Waals surface area contributed by atoms with Crippen LogP contribution in [0.15, 0.2) is 12.7 Å². The topological polar surface area (TPSA) is 55.6 Å². The summed E-state index contributed by atoms with van der Waals surface area (Å²) in [6, 6.07) is 0. The van der Waals surface area contributed by atoms with Crippen LogP contribution in [-0.2, 0) is 0 Å². The highest BCUT2D eigenvalue weighted by atomic mass is 35.5. The Morgan fingerprint density at radius 2 is 2.29 bits per heavy atom. The fourth-order valence-corrected chi connectivity index (χ4v) is 1.35. The first-order valence-electron chi connectivity index (χ1n) is 4.41. The Kier molecular flexibility index (Phi) is 2.49. The van der Waals surface area contributed by atoms with E-state index < -0.39 is 0 Å². The molecule has 2 aromatic heterocycles. The zero-order chi connectivity index (χ0) is 9.97. The molecule has 74 valence electrons. The normalized spacial score (nSPS) is 10.7. The highest BCUT2D eigenvalue weighted by Gasteiger charge is 2.07. The van der Waals surface area contributed by atoms with Crippen molar-refractivity contribution in [1.82, 2.24) is 19.0 Å². The molecule has 2 rings (SSSR count). The highest BCUT2D eigenvalue weighted by molar-refractivity contribution is 6.18. The molecule has 0 aliphatic rings. The lowest BCUT2D eigenvalue weighted by atomic mass is 10.4. The van der Waals surface area contributed by atoms with Crippen LogP contribution in [0.5, 0.6) is 0 Å². The first kappa shape index (κ1) is 9.21. The maximum absolute atomic E-state index is 5.81. The van der Waals surface area contributed by atoms with Gasteiger partial charge in [0.05, 0.1) is 0 Å². The number of aromatic nitrogens is 4. The predicted octanol–water partition coefficient (Wildman–Crippen LogP) is 1.65. The van der Waals surface area contributed by atoms with Gasteiger partial charge in [0.1, 0.15) is 12.7 Å². The van der Waals surface area contributed by atoms with Crippen LogP contribution in [0.2, 0.25) is 0 Å². The highest BCUT2D eigenvalue weighted by Crippen LogP contribution is 2.17. The van der Waals surface area contributed by atoms with Gasteiger partial charge in [0.25, 0.3) is 0 Å². The zero-order valence-corrected chi connectivity index (χ0v) is 8.49. The maximum Gasteiger partial charge on any atom is 0.180 e. The molecule has 0 spiro atoms. The van der Waals surface area contributed by atoms with Gasteiger partial charge in [-0.1, -0.05) is 6.92 Å². The predicted molar refractivity (Wildman–Crippen MR) is 55.4 cm³/mol. The van der Waals surface area contributed by atoms with E-state index in [1.807, 2.05) is 0 Å². The maximum atomic E-state index is 5.81. The summed E-state index contributed by atoms with van der Waals surface area (Å²) in [5.74, 6) is 0.733. The van der Waals surface area contributed by atoms with Crippen LogP contribution in [0.3, 0.4) is 0 Å². The van der Waals surface area contributed by atoms with Crippen LogP contribution >= 0.6 is 11.8 Å². The van der Waals surface area contributed by atoms with Gasteiger partial charge in [-0.25, -0.2) is 19.0 Å². The number of halogens is 1. The van der Waals surface area contributed by atoms with Crippen molar-refractivity contribution in [1.29, 1.82) is 0 Å². The second-order valence-electron chi connectivity index (χ2n) is 2.88. The third-order valence-corrected chi connectivity index (χ3v) is 2.08. The molecular formula is C8H10ClN5. The average molecular weight is 212 g/mol. The fourth-order valence-electron chi connectivity index (χ4n) is 1.18. The van der Waals surface area contributed by atoms with Crippen LogP contribution in [0.25, 0.3) is 11.2 Å². The Morgan fingerprint density at radius 3 is 3.07 bits per heavy atom. The molecule has 0 amide bonds. The van der Waals surface area contributed by atoms with Gasteiger partial charge in [-0.2, -0.15) is 0 Å². The van der Waals surface area contributed by atoms with Gasteiger partial charge in [-0.05, 0) is 6.42 Å². The third-order valence-electron chi connectivity index (χ3n) is 1.84. The Morgan fingerprint density at radius 1 is 1.43 bits per heavy atom. The molecule has 5 nitrogen and oxygen atoms in total. The van der Waals surface area contributed by atoms with Crippen molar-refractivity contribution in [3.8, 4) is 0 Å². The lowest BCUT2D eigenvalue weighted by Gasteiger charge is -2.02. The van der Waals surface area contributed by atoms with Crippen molar-refractivity contribution in [3.63, 3.8) is 0 Å². The summed E-state index contributed by atoms with van der Waals surface area (Å²) in [7, 11) is 0. The molecule has 0 aliphatic heterocycles. The van der Waals surface area contributed by atoms with E-state index in [4.69, 9.17) is 11.8 Å². The van der Waals surface area contributed by atoms with Crippen molar-refractivity contribution < 1.29 is 0 Å². The Labute approximate surface area is 86.3 Å². The molecule has 6 heteroatoms. The van der Waals surface area contributed by atoms with Gasteiger partial charge < -0.3 is 5.32 Å². The van der Waals surface area contributed by atoms with E-state index in [0.29, 0.717) is 11.2 Å². The molecule has 2 aromatic rings. The minimum Gasteiger partial charge on any atom is -0.368 e. The van der Waals surface area contributed by atoms with Gasteiger partial charge in [0, 0.05) is 18.3 Å². The Balaban J connectivity index is 2.44. The molecule has 0 atom stereocenters. The number of nitrogens with one attached hydrogen (secondary N) is 1. The Bertz CT molecular complexity index is 438. The van der Waals surface area contributed by atoms with Crippen molar-refractivity contribution in [2.24, 2.45) is 0 Å². The standard InChI is InChI=1S/C8H10ClN5/c1-2-3-10-7-6-8(12-4-11-7)14(9)5-13-6/h4-5H,2-3H2,1H3,(H,10,11,12). The summed E-state index contributed by atoms with van der Waals surface area (Å²) in [5, 5.41) is 3.17. The van der Waals surface area contributed by atoms with Gasteiger partial charge in [-0.15, -0.1) is 0 Å². The molecule has 0 aromatic carbocycles. The number of fused-ring (bicyclic) bond motifs is 1. The first-order valence-corrected chi connectivity index (χ1v) is 4.74. The van der Waals surface area contributed by atoms with E-state index >= 15 is 0 Å². The fraction of sp³-hybridized carbons (Fsp3) is 0.375. The van der Waals surface area contributed by atoms with E-state index in [-0.39, 0.29) is 0 Å². The van der Waals surface area contributed by atoms with E-state index in [0.717, 1.165) is 18.8 Å². The molecule has 14 heavy (non-hydrogen) atoms. The molecular weight excluding hydrogens is 202 g/mol. The van der Waals surface area contributed by atoms with E-state index in [9.17, 15) is 0 Å². The van der Waals surface area contributed by atoms with Crippen LogP contribution in [0, 0.1) is 0 Å². The summed E-state index contributed by atoms with van der Waals surface area (Å²) in [6.45, 7) is 2.95. The molecule has 0 bridgehead atoms. The summed E-state index contributed by atoms with van der Waals surface area (Å²) < 4.78 is 1.36. The molecule has 0 fully saturated rings. The van der Waals surface area contributed by atoms with Crippen molar-refractivity contribution in [2.75, 3.05) is 11.9 Å². The quantitative estimate of drug-likeness (QED) is 0.839. The van der Waals surface area contributed by atoms with Crippen molar-refractivity contribution in [2.45, 2.75) is 13.3 Å². The third kappa shape index (κ3) is 1.50. The van der Waals surface area contributed by atoms with E-state index in [1.165, 1.54) is 16.7 Å². The minimum absolute atomic E-state index is 0.625. The second-order valence-corrected chi connectivity index (χ2v) is 3.24. The number of hydrogen-bond acceptors (Lipinski definition) is 4. The van der Waals surface area contributed by atoms with Crippen LogP contribution in [0.4, 0.5) is 5.82 Å². The van der Waals surface area contributed by atoms with Gasteiger partial charge >= 0.3 is 0 Å². The summed E-state index contributed by atoms with van der Waals surface area (Å²) in [6.07, 6.45) is 4.02. The van der Waals surface area contributed by atoms with Crippen LogP contribution in [-0.4, -0.2) is 25.6 Å². The number of imidazole rings is 1. The van der Waals surface area contributed by atoms with Gasteiger partial charge in [-0.3, -0.25) is 0 Å². The molecule has 1 N–H and O–H groups in total.